The van der Waals surface area contributed by atoms with Crippen molar-refractivity contribution >= 4 is 23.0 Å². The first kappa shape index (κ1) is 27.4. The van der Waals surface area contributed by atoms with E-state index in [2.05, 4.69) is 35.4 Å². The summed E-state index contributed by atoms with van der Waals surface area (Å²) in [6.07, 6.45) is 0.406. The number of nitrogens with two attached hydrogens (primary N) is 1. The van der Waals surface area contributed by atoms with Gasteiger partial charge < -0.3 is 35.5 Å². The summed E-state index contributed by atoms with van der Waals surface area (Å²) in [5, 5.41) is 5.91. The van der Waals surface area contributed by atoms with Crippen molar-refractivity contribution in [3.63, 3.8) is 0 Å². The molecule has 13 heteroatoms. The molecular weight excluding hydrogens is 534 g/mol. The molecule has 5 heterocycles. The summed E-state index contributed by atoms with van der Waals surface area (Å²) >= 11 is 0. The number of piperidine rings is 1. The van der Waals surface area contributed by atoms with Gasteiger partial charge in [-0.2, -0.15) is 4.98 Å². The van der Waals surface area contributed by atoms with Gasteiger partial charge in [0.25, 0.3) is 5.92 Å². The van der Waals surface area contributed by atoms with Crippen LogP contribution in [0.4, 0.5) is 31.8 Å². The Morgan fingerprint density at radius 3 is 2.61 bits per heavy atom. The third-order valence-corrected chi connectivity index (χ3v) is 7.74. The second-order valence-corrected chi connectivity index (χ2v) is 10.4. The van der Waals surface area contributed by atoms with Crippen LogP contribution in [-0.2, 0) is 4.74 Å². The van der Waals surface area contributed by atoms with Gasteiger partial charge in [-0.1, -0.05) is 0 Å². The van der Waals surface area contributed by atoms with Crippen molar-refractivity contribution in [3.05, 3.63) is 42.7 Å². The lowest BCUT2D eigenvalue weighted by molar-refractivity contribution is -0.108. The first-order valence-corrected chi connectivity index (χ1v) is 13.8. The maximum atomic E-state index is 14.2. The molecule has 11 nitrogen and oxygen atoms in total. The van der Waals surface area contributed by atoms with Crippen LogP contribution in [0.3, 0.4) is 0 Å². The molecule has 41 heavy (non-hydrogen) atoms. The largest absolute Gasteiger partial charge is 0.482 e. The van der Waals surface area contributed by atoms with Crippen LogP contribution in [0.15, 0.2) is 42.7 Å². The van der Waals surface area contributed by atoms with E-state index in [9.17, 15) is 8.78 Å². The lowest BCUT2D eigenvalue weighted by Crippen LogP contribution is -2.56. The number of pyridine rings is 1. The topological polar surface area (TPSA) is 123 Å². The Morgan fingerprint density at radius 1 is 1.07 bits per heavy atom. The van der Waals surface area contributed by atoms with Gasteiger partial charge in [0.1, 0.15) is 29.4 Å². The van der Waals surface area contributed by atoms with Crippen LogP contribution in [0.1, 0.15) is 6.42 Å². The smallest absolute Gasteiger partial charge is 0.296 e. The Morgan fingerprint density at radius 2 is 1.90 bits per heavy atom. The molecule has 3 aromatic rings. The van der Waals surface area contributed by atoms with E-state index in [0.717, 1.165) is 45.1 Å². The van der Waals surface area contributed by atoms with Crippen molar-refractivity contribution in [1.82, 2.24) is 25.2 Å². The molecular formula is C28H34F2N8O3. The summed E-state index contributed by atoms with van der Waals surface area (Å²) < 4.78 is 45.0. The van der Waals surface area contributed by atoms with E-state index in [4.69, 9.17) is 19.9 Å². The highest BCUT2D eigenvalue weighted by atomic mass is 19.3. The van der Waals surface area contributed by atoms with Gasteiger partial charge in [-0.3, -0.25) is 4.90 Å². The SMILES string of the molecule is COc1nc(Nc2cc(-c3ccc(OC4CCNCC4(F)F)c(N)c3)ncn2)ccc1N1CCN(C2COC2)CC1. The molecule has 1 atom stereocenters. The van der Waals surface area contributed by atoms with Crippen LogP contribution >= 0.6 is 0 Å². The van der Waals surface area contributed by atoms with Crippen molar-refractivity contribution in [2.24, 2.45) is 0 Å². The first-order chi connectivity index (χ1) is 19.9. The molecule has 3 fully saturated rings. The molecule has 1 unspecified atom stereocenters. The third-order valence-electron chi connectivity index (χ3n) is 7.74. The minimum Gasteiger partial charge on any atom is -0.482 e. The fourth-order valence-electron chi connectivity index (χ4n) is 5.30. The lowest BCUT2D eigenvalue weighted by Gasteiger charge is -2.43. The number of benzene rings is 1. The van der Waals surface area contributed by atoms with Crippen LogP contribution < -0.4 is 30.7 Å². The average Bonchev–Trinajstić information content (AvgIpc) is 2.95. The molecule has 0 radical (unpaired) electrons. The molecule has 218 valence electrons. The van der Waals surface area contributed by atoms with Gasteiger partial charge in [-0.15, -0.1) is 0 Å². The molecule has 6 rings (SSSR count). The van der Waals surface area contributed by atoms with Crippen molar-refractivity contribution in [2.75, 3.05) is 75.5 Å². The number of ether oxygens (including phenoxy) is 3. The van der Waals surface area contributed by atoms with E-state index in [1.54, 1.807) is 31.4 Å². The van der Waals surface area contributed by atoms with Gasteiger partial charge in [0, 0.05) is 44.2 Å². The highest BCUT2D eigenvalue weighted by Crippen LogP contribution is 2.34. The van der Waals surface area contributed by atoms with Crippen LogP contribution in [-0.4, -0.2) is 97.5 Å². The van der Waals surface area contributed by atoms with Gasteiger partial charge >= 0.3 is 0 Å². The summed E-state index contributed by atoms with van der Waals surface area (Å²) in [4.78, 5) is 18.1. The summed E-state index contributed by atoms with van der Waals surface area (Å²) in [6.45, 7) is 5.43. The summed E-state index contributed by atoms with van der Waals surface area (Å²) in [6, 6.07) is 11.2. The molecule has 3 aliphatic rings. The van der Waals surface area contributed by atoms with Gasteiger partial charge in [-0.05, 0) is 36.9 Å². The minimum atomic E-state index is -2.97. The van der Waals surface area contributed by atoms with Crippen molar-refractivity contribution in [3.8, 4) is 22.9 Å². The zero-order chi connectivity index (χ0) is 28.4. The highest BCUT2D eigenvalue weighted by Gasteiger charge is 2.43. The Balaban J connectivity index is 1.13. The van der Waals surface area contributed by atoms with E-state index < -0.39 is 18.6 Å². The van der Waals surface area contributed by atoms with E-state index in [1.165, 1.54) is 6.33 Å². The minimum absolute atomic E-state index is 0.196. The number of nitrogen functional groups attached to an aromatic ring is 1. The second-order valence-electron chi connectivity index (χ2n) is 10.4. The van der Waals surface area contributed by atoms with Crippen molar-refractivity contribution in [1.29, 1.82) is 0 Å². The standard InChI is InChI=1S/C28H34F2N8O3/c1-39-27-22(38-10-8-37(9-11-38)19-14-40-15-19)3-5-25(36-27)35-26-13-21(33-17-34-26)18-2-4-23(20(31)12-18)41-24-6-7-32-16-28(24,29)30/h2-5,12-13,17,19,24,32H,6-11,14-16,31H2,1H3,(H,33,34,35,36). The Kier molecular flexibility index (Phi) is 7.73. The van der Waals surface area contributed by atoms with Gasteiger partial charge in [0.05, 0.1) is 44.3 Å². The van der Waals surface area contributed by atoms with E-state index in [-0.39, 0.29) is 17.9 Å². The number of nitrogens with one attached hydrogen (secondary N) is 2. The average molecular weight is 569 g/mol. The molecule has 2 aromatic heterocycles. The molecule has 0 bridgehead atoms. The number of piperazine rings is 1. The molecule has 3 saturated heterocycles. The van der Waals surface area contributed by atoms with Gasteiger partial charge in [-0.25, -0.2) is 18.7 Å². The maximum absolute atomic E-state index is 14.2. The zero-order valence-electron chi connectivity index (χ0n) is 22.9. The fourth-order valence-corrected chi connectivity index (χ4v) is 5.30. The molecule has 1 aromatic carbocycles. The number of halogens is 2. The summed E-state index contributed by atoms with van der Waals surface area (Å²) in [7, 11) is 1.62. The van der Waals surface area contributed by atoms with Gasteiger partial charge in [0.2, 0.25) is 5.88 Å². The number of nitrogens with zero attached hydrogens (tertiary/aromatic N) is 5. The summed E-state index contributed by atoms with van der Waals surface area (Å²) in [5.74, 6) is -1.10. The number of hydrogen-bond acceptors (Lipinski definition) is 11. The first-order valence-electron chi connectivity index (χ1n) is 13.8. The van der Waals surface area contributed by atoms with Crippen LogP contribution in [0.2, 0.25) is 0 Å². The fraction of sp³-hybridized carbons (Fsp3) is 0.464. The van der Waals surface area contributed by atoms with E-state index in [0.29, 0.717) is 41.4 Å². The number of rotatable bonds is 8. The molecule has 4 N–H and O–H groups in total. The Hall–Kier alpha value is -3.81. The number of alkyl halides is 2. The molecule has 0 amide bonds. The zero-order valence-corrected chi connectivity index (χ0v) is 22.9. The molecule has 0 spiro atoms. The van der Waals surface area contributed by atoms with Crippen molar-refractivity contribution in [2.45, 2.75) is 24.5 Å². The third kappa shape index (κ3) is 5.97. The van der Waals surface area contributed by atoms with Gasteiger partial charge in [0.15, 0.2) is 6.10 Å². The number of methoxy groups -OCH3 is 1. The monoisotopic (exact) mass is 568 g/mol. The number of anilines is 4. The second kappa shape index (κ2) is 11.6. The number of hydrogen-bond donors (Lipinski definition) is 3. The highest BCUT2D eigenvalue weighted by molar-refractivity contribution is 5.71. The normalized spacial score (nSPS) is 21.2. The predicted octanol–water partition coefficient (Wildman–Crippen LogP) is 2.77. The van der Waals surface area contributed by atoms with Crippen molar-refractivity contribution < 1.29 is 23.0 Å². The maximum Gasteiger partial charge on any atom is 0.296 e. The Bertz CT molecular complexity index is 1370. The van der Waals surface area contributed by atoms with Crippen LogP contribution in [0.25, 0.3) is 11.3 Å². The summed E-state index contributed by atoms with van der Waals surface area (Å²) in [5.41, 5.74) is 8.70. The quantitative estimate of drug-likeness (QED) is 0.348. The van der Waals surface area contributed by atoms with Crippen LogP contribution in [0, 0.1) is 0 Å². The lowest BCUT2D eigenvalue weighted by atomic mass is 10.1. The number of aromatic nitrogens is 3. The Labute approximate surface area is 237 Å². The van der Waals surface area contributed by atoms with Crippen LogP contribution in [0.5, 0.6) is 11.6 Å². The molecule has 0 saturated carbocycles. The molecule has 0 aliphatic carbocycles. The van der Waals surface area contributed by atoms with E-state index >= 15 is 0 Å². The predicted molar refractivity (Wildman–Crippen MR) is 151 cm³/mol. The molecule has 3 aliphatic heterocycles. The van der Waals surface area contributed by atoms with E-state index in [1.807, 2.05) is 12.1 Å².